The fourth-order valence-corrected chi connectivity index (χ4v) is 3.74. The third-order valence-electron chi connectivity index (χ3n) is 4.23. The average molecular weight is 431 g/mol. The van der Waals surface area contributed by atoms with Crippen molar-refractivity contribution in [3.63, 3.8) is 0 Å². The van der Waals surface area contributed by atoms with Crippen LogP contribution in [0.3, 0.4) is 0 Å². The number of para-hydroxylation sites is 1. The van der Waals surface area contributed by atoms with Crippen LogP contribution in [0.2, 0.25) is 5.02 Å². The van der Waals surface area contributed by atoms with Crippen LogP contribution in [-0.4, -0.2) is 26.4 Å². The second kappa shape index (κ2) is 9.80. The lowest BCUT2D eigenvalue weighted by Gasteiger charge is -2.16. The van der Waals surface area contributed by atoms with Crippen LogP contribution in [0.4, 0.5) is 5.69 Å². The standard InChI is InChI=1S/C21H23ClN4O2S/c1-4-26-20(15(3)28-18-8-6-5-7-17(18)22)24-25-21(26)29-13-19(27)23-16-11-9-14(2)10-12-16/h5-12,15H,4,13H2,1-3H3,(H,23,27)/t15-/m1/s1. The highest BCUT2D eigenvalue weighted by Crippen LogP contribution is 2.29. The van der Waals surface area contributed by atoms with Crippen molar-refractivity contribution in [2.45, 2.75) is 38.6 Å². The lowest BCUT2D eigenvalue weighted by Crippen LogP contribution is -2.15. The molecule has 0 aliphatic rings. The molecule has 0 fully saturated rings. The molecule has 0 spiro atoms. The maximum atomic E-state index is 12.3. The molecule has 152 valence electrons. The molecule has 3 aromatic rings. The summed E-state index contributed by atoms with van der Waals surface area (Å²) < 4.78 is 7.91. The number of ether oxygens (including phenoxy) is 1. The van der Waals surface area contributed by atoms with Gasteiger partial charge in [-0.15, -0.1) is 10.2 Å². The SMILES string of the molecule is CCn1c(SCC(=O)Nc2ccc(C)cc2)nnc1[C@@H](C)Oc1ccccc1Cl. The van der Waals surface area contributed by atoms with Crippen molar-refractivity contribution in [3.8, 4) is 5.75 Å². The molecule has 0 aliphatic carbocycles. The van der Waals surface area contributed by atoms with Gasteiger partial charge >= 0.3 is 0 Å². The topological polar surface area (TPSA) is 69.0 Å². The summed E-state index contributed by atoms with van der Waals surface area (Å²) in [6, 6.07) is 15.0. The number of benzene rings is 2. The molecule has 1 heterocycles. The normalized spacial score (nSPS) is 11.9. The predicted octanol–water partition coefficient (Wildman–Crippen LogP) is 5.13. The fraction of sp³-hybridized carbons (Fsp3) is 0.286. The van der Waals surface area contributed by atoms with E-state index < -0.39 is 0 Å². The number of anilines is 1. The number of nitrogens with one attached hydrogen (secondary N) is 1. The number of thioether (sulfide) groups is 1. The van der Waals surface area contributed by atoms with Crippen molar-refractivity contribution >= 4 is 35.0 Å². The summed E-state index contributed by atoms with van der Waals surface area (Å²) in [5.74, 6) is 1.44. The molecule has 1 atom stereocenters. The number of aryl methyl sites for hydroxylation is 1. The molecule has 2 aromatic carbocycles. The second-order valence-electron chi connectivity index (χ2n) is 6.48. The van der Waals surface area contributed by atoms with Gasteiger partial charge in [0.1, 0.15) is 5.75 Å². The molecule has 0 radical (unpaired) electrons. The van der Waals surface area contributed by atoms with Crippen molar-refractivity contribution in [1.82, 2.24) is 14.8 Å². The van der Waals surface area contributed by atoms with Gasteiger partial charge in [0.15, 0.2) is 17.1 Å². The van der Waals surface area contributed by atoms with Gasteiger partial charge in [-0.1, -0.05) is 53.2 Å². The summed E-state index contributed by atoms with van der Waals surface area (Å²) in [5, 5.41) is 12.6. The molecule has 0 saturated carbocycles. The van der Waals surface area contributed by atoms with Crippen molar-refractivity contribution in [3.05, 3.63) is 64.9 Å². The van der Waals surface area contributed by atoms with E-state index in [1.54, 1.807) is 6.07 Å². The minimum Gasteiger partial charge on any atom is -0.481 e. The Bertz CT molecular complexity index is 975. The van der Waals surface area contributed by atoms with Crippen LogP contribution >= 0.6 is 23.4 Å². The van der Waals surface area contributed by atoms with Crippen molar-refractivity contribution in [2.24, 2.45) is 0 Å². The van der Waals surface area contributed by atoms with Crippen LogP contribution in [0.25, 0.3) is 0 Å². The molecule has 0 bridgehead atoms. The van der Waals surface area contributed by atoms with E-state index >= 15 is 0 Å². The van der Waals surface area contributed by atoms with Gasteiger partial charge in [0.25, 0.3) is 0 Å². The van der Waals surface area contributed by atoms with Gasteiger partial charge in [0, 0.05) is 12.2 Å². The Labute approximate surface area is 179 Å². The molecular weight excluding hydrogens is 408 g/mol. The Kier molecular flexibility index (Phi) is 7.17. The van der Waals surface area contributed by atoms with Crippen LogP contribution in [0.15, 0.2) is 53.7 Å². The van der Waals surface area contributed by atoms with E-state index in [1.807, 2.05) is 67.8 Å². The molecule has 1 amide bonds. The molecule has 3 rings (SSSR count). The van der Waals surface area contributed by atoms with E-state index in [2.05, 4.69) is 15.5 Å². The number of rotatable bonds is 8. The summed E-state index contributed by atoms with van der Waals surface area (Å²) in [4.78, 5) is 12.3. The summed E-state index contributed by atoms with van der Waals surface area (Å²) >= 11 is 7.52. The first-order valence-electron chi connectivity index (χ1n) is 9.31. The molecule has 1 aromatic heterocycles. The van der Waals surface area contributed by atoms with E-state index in [4.69, 9.17) is 16.3 Å². The van der Waals surface area contributed by atoms with Gasteiger partial charge < -0.3 is 14.6 Å². The van der Waals surface area contributed by atoms with Crippen molar-refractivity contribution in [1.29, 1.82) is 0 Å². The zero-order chi connectivity index (χ0) is 20.8. The van der Waals surface area contributed by atoms with Gasteiger partial charge in [0.2, 0.25) is 5.91 Å². The summed E-state index contributed by atoms with van der Waals surface area (Å²) in [7, 11) is 0. The first-order valence-corrected chi connectivity index (χ1v) is 10.7. The first-order chi connectivity index (χ1) is 14.0. The maximum Gasteiger partial charge on any atom is 0.234 e. The molecule has 1 N–H and O–H groups in total. The third-order valence-corrected chi connectivity index (χ3v) is 5.51. The Morgan fingerprint density at radius 1 is 1.21 bits per heavy atom. The number of halogens is 1. The minimum atomic E-state index is -0.335. The van der Waals surface area contributed by atoms with Crippen LogP contribution in [-0.2, 0) is 11.3 Å². The minimum absolute atomic E-state index is 0.0913. The zero-order valence-corrected chi connectivity index (χ0v) is 18.1. The zero-order valence-electron chi connectivity index (χ0n) is 16.6. The van der Waals surface area contributed by atoms with Crippen molar-refractivity contribution < 1.29 is 9.53 Å². The van der Waals surface area contributed by atoms with Gasteiger partial charge in [-0.05, 0) is 45.0 Å². The third kappa shape index (κ3) is 5.52. The van der Waals surface area contributed by atoms with Crippen LogP contribution in [0, 0.1) is 6.92 Å². The summed E-state index contributed by atoms with van der Waals surface area (Å²) in [5.41, 5.74) is 1.93. The number of hydrogen-bond donors (Lipinski definition) is 1. The highest BCUT2D eigenvalue weighted by atomic mass is 35.5. The van der Waals surface area contributed by atoms with Gasteiger partial charge in [0.05, 0.1) is 10.8 Å². The largest absolute Gasteiger partial charge is 0.481 e. The quantitative estimate of drug-likeness (QED) is 0.501. The number of carbonyl (C=O) groups excluding carboxylic acids is 1. The van der Waals surface area contributed by atoms with E-state index in [-0.39, 0.29) is 17.8 Å². The molecule has 0 saturated heterocycles. The van der Waals surface area contributed by atoms with Gasteiger partial charge in [-0.25, -0.2) is 0 Å². The second-order valence-corrected chi connectivity index (χ2v) is 7.83. The van der Waals surface area contributed by atoms with Crippen molar-refractivity contribution in [2.75, 3.05) is 11.1 Å². The molecule has 8 heteroatoms. The highest BCUT2D eigenvalue weighted by molar-refractivity contribution is 7.99. The fourth-order valence-electron chi connectivity index (χ4n) is 2.75. The van der Waals surface area contributed by atoms with E-state index in [0.717, 1.165) is 11.3 Å². The van der Waals surface area contributed by atoms with E-state index in [9.17, 15) is 4.79 Å². The lowest BCUT2D eigenvalue weighted by atomic mass is 10.2. The van der Waals surface area contributed by atoms with Crippen LogP contribution in [0.5, 0.6) is 5.75 Å². The van der Waals surface area contributed by atoms with E-state index in [1.165, 1.54) is 11.8 Å². The number of hydrogen-bond acceptors (Lipinski definition) is 5. The Hall–Kier alpha value is -2.51. The van der Waals surface area contributed by atoms with Gasteiger partial charge in [-0.3, -0.25) is 4.79 Å². The Morgan fingerprint density at radius 3 is 2.62 bits per heavy atom. The van der Waals surface area contributed by atoms with Crippen LogP contribution < -0.4 is 10.1 Å². The van der Waals surface area contributed by atoms with Crippen LogP contribution in [0.1, 0.15) is 31.3 Å². The van der Waals surface area contributed by atoms with Gasteiger partial charge in [-0.2, -0.15) is 0 Å². The number of amides is 1. The number of nitrogens with zero attached hydrogens (tertiary/aromatic N) is 3. The molecular formula is C21H23ClN4O2S. The first kappa shape index (κ1) is 21.2. The van der Waals surface area contributed by atoms with E-state index in [0.29, 0.717) is 28.3 Å². The summed E-state index contributed by atoms with van der Waals surface area (Å²) in [6.45, 7) is 6.58. The number of carbonyl (C=O) groups is 1. The predicted molar refractivity (Wildman–Crippen MR) is 117 cm³/mol. The Morgan fingerprint density at radius 2 is 1.93 bits per heavy atom. The summed E-state index contributed by atoms with van der Waals surface area (Å²) in [6.07, 6.45) is -0.335. The molecule has 6 nitrogen and oxygen atoms in total. The molecule has 29 heavy (non-hydrogen) atoms. The maximum absolute atomic E-state index is 12.3. The Balaban J connectivity index is 1.63. The highest BCUT2D eigenvalue weighted by Gasteiger charge is 2.20. The smallest absolute Gasteiger partial charge is 0.234 e. The lowest BCUT2D eigenvalue weighted by molar-refractivity contribution is -0.113. The number of aromatic nitrogens is 3. The average Bonchev–Trinajstić information content (AvgIpc) is 3.13. The molecule has 0 aliphatic heterocycles. The monoisotopic (exact) mass is 430 g/mol. The molecule has 0 unspecified atom stereocenters.